The Labute approximate surface area is 97.0 Å². The molecular formula is C12H21N3O. The van der Waals surface area contributed by atoms with Crippen molar-refractivity contribution in [1.82, 2.24) is 15.1 Å². The van der Waals surface area contributed by atoms with Crippen LogP contribution in [0.5, 0.6) is 0 Å². The average Bonchev–Trinajstić information content (AvgIpc) is 2.73. The predicted molar refractivity (Wildman–Crippen MR) is 62.1 cm³/mol. The summed E-state index contributed by atoms with van der Waals surface area (Å²) >= 11 is 0. The van der Waals surface area contributed by atoms with Crippen molar-refractivity contribution < 1.29 is 4.79 Å². The molecule has 0 spiro atoms. The average molecular weight is 223 g/mol. The van der Waals surface area contributed by atoms with Crippen LogP contribution in [0.2, 0.25) is 0 Å². The standard InChI is InChI=1S/C12H21N3O/c1-9-6-14(2)11(16)7-15(9)8-12-3-10(4-12)5-13-12/h9-10,13H,3-8H2,1-2H3. The third kappa shape index (κ3) is 1.55. The minimum atomic E-state index is 0.267. The number of hydrogen-bond acceptors (Lipinski definition) is 3. The zero-order chi connectivity index (χ0) is 11.3. The van der Waals surface area contributed by atoms with Gasteiger partial charge in [-0.25, -0.2) is 0 Å². The van der Waals surface area contributed by atoms with E-state index in [-0.39, 0.29) is 5.91 Å². The van der Waals surface area contributed by atoms with Gasteiger partial charge in [-0.1, -0.05) is 0 Å². The highest BCUT2D eigenvalue weighted by Crippen LogP contribution is 2.44. The third-order valence-corrected chi connectivity index (χ3v) is 4.56. The number of nitrogens with one attached hydrogen (secondary N) is 1. The maximum Gasteiger partial charge on any atom is 0.236 e. The van der Waals surface area contributed by atoms with Crippen molar-refractivity contribution >= 4 is 5.91 Å². The lowest BCUT2D eigenvalue weighted by molar-refractivity contribution is -0.137. The van der Waals surface area contributed by atoms with E-state index in [0.717, 1.165) is 19.0 Å². The second kappa shape index (κ2) is 3.44. The number of carbonyl (C=O) groups excluding carboxylic acids is 1. The van der Waals surface area contributed by atoms with Crippen molar-refractivity contribution in [2.45, 2.75) is 31.3 Å². The molecule has 90 valence electrons. The van der Waals surface area contributed by atoms with Crippen molar-refractivity contribution in [3.63, 3.8) is 0 Å². The topological polar surface area (TPSA) is 35.6 Å². The summed E-state index contributed by atoms with van der Waals surface area (Å²) in [6.07, 6.45) is 2.64. The van der Waals surface area contributed by atoms with Crippen molar-refractivity contribution in [3.8, 4) is 0 Å². The molecule has 0 aromatic heterocycles. The molecule has 0 radical (unpaired) electrons. The lowest BCUT2D eigenvalue weighted by atomic mass is 9.73. The fourth-order valence-electron chi connectivity index (χ4n) is 3.54. The Kier molecular flexibility index (Phi) is 2.27. The smallest absolute Gasteiger partial charge is 0.236 e. The molecule has 2 bridgehead atoms. The molecule has 1 aliphatic carbocycles. The van der Waals surface area contributed by atoms with Gasteiger partial charge in [0.05, 0.1) is 6.54 Å². The Morgan fingerprint density at radius 2 is 2.25 bits per heavy atom. The molecule has 0 aromatic rings. The van der Waals surface area contributed by atoms with Gasteiger partial charge < -0.3 is 10.2 Å². The van der Waals surface area contributed by atoms with E-state index in [1.807, 2.05) is 11.9 Å². The van der Waals surface area contributed by atoms with Gasteiger partial charge in [-0.05, 0) is 32.2 Å². The summed E-state index contributed by atoms with van der Waals surface area (Å²) < 4.78 is 0. The number of nitrogens with zero attached hydrogens (tertiary/aromatic N) is 2. The van der Waals surface area contributed by atoms with E-state index in [1.165, 1.54) is 19.4 Å². The number of rotatable bonds is 2. The van der Waals surface area contributed by atoms with Crippen molar-refractivity contribution in [3.05, 3.63) is 0 Å². The van der Waals surface area contributed by atoms with Gasteiger partial charge in [0.1, 0.15) is 0 Å². The van der Waals surface area contributed by atoms with Crippen LogP contribution < -0.4 is 5.32 Å². The molecule has 1 N–H and O–H groups in total. The maximum absolute atomic E-state index is 11.7. The van der Waals surface area contributed by atoms with E-state index in [4.69, 9.17) is 0 Å². The van der Waals surface area contributed by atoms with Crippen molar-refractivity contribution in [2.75, 3.05) is 33.2 Å². The Morgan fingerprint density at radius 3 is 2.88 bits per heavy atom. The number of amides is 1. The van der Waals surface area contributed by atoms with E-state index >= 15 is 0 Å². The first-order valence-electron chi connectivity index (χ1n) is 6.31. The second-order valence-corrected chi connectivity index (χ2v) is 5.96. The lowest BCUT2D eigenvalue weighted by Gasteiger charge is -2.46. The van der Waals surface area contributed by atoms with Gasteiger partial charge in [0.15, 0.2) is 0 Å². The highest BCUT2D eigenvalue weighted by atomic mass is 16.2. The zero-order valence-electron chi connectivity index (χ0n) is 10.2. The molecule has 1 saturated carbocycles. The van der Waals surface area contributed by atoms with Crippen LogP contribution in [0.15, 0.2) is 0 Å². The quantitative estimate of drug-likeness (QED) is 0.710. The van der Waals surface area contributed by atoms with Crippen LogP contribution in [0.25, 0.3) is 0 Å². The number of likely N-dealkylation sites (N-methyl/N-ethyl adjacent to an activating group) is 1. The third-order valence-electron chi connectivity index (χ3n) is 4.56. The molecule has 0 aromatic carbocycles. The van der Waals surface area contributed by atoms with Gasteiger partial charge >= 0.3 is 0 Å². The monoisotopic (exact) mass is 223 g/mol. The van der Waals surface area contributed by atoms with Gasteiger partial charge in [0.2, 0.25) is 5.91 Å². The molecule has 4 rings (SSSR count). The first-order chi connectivity index (χ1) is 7.58. The van der Waals surface area contributed by atoms with Crippen LogP contribution in [-0.2, 0) is 4.79 Å². The normalized spacial score (nSPS) is 43.6. The highest BCUT2D eigenvalue weighted by Gasteiger charge is 2.51. The fraction of sp³-hybridized carbons (Fsp3) is 0.917. The summed E-state index contributed by atoms with van der Waals surface area (Å²) in [5.74, 6) is 1.18. The molecule has 1 unspecified atom stereocenters. The largest absolute Gasteiger partial charge is 0.343 e. The molecule has 4 nitrogen and oxygen atoms in total. The summed E-state index contributed by atoms with van der Waals surface area (Å²) in [6.45, 7) is 5.95. The van der Waals surface area contributed by atoms with Crippen LogP contribution in [0.1, 0.15) is 19.8 Å². The Balaban J connectivity index is 1.64. The first-order valence-corrected chi connectivity index (χ1v) is 6.31. The van der Waals surface area contributed by atoms with Crippen LogP contribution in [0.3, 0.4) is 0 Å². The second-order valence-electron chi connectivity index (χ2n) is 5.96. The van der Waals surface area contributed by atoms with Crippen LogP contribution in [-0.4, -0.2) is 60.5 Å². The summed E-state index contributed by atoms with van der Waals surface area (Å²) in [5, 5.41) is 3.63. The first kappa shape index (κ1) is 10.5. The molecule has 3 saturated heterocycles. The van der Waals surface area contributed by atoms with Gasteiger partial charge in [-0.2, -0.15) is 0 Å². The molecule has 1 atom stereocenters. The molecule has 16 heavy (non-hydrogen) atoms. The summed E-state index contributed by atoms with van der Waals surface area (Å²) in [4.78, 5) is 15.9. The molecule has 3 aliphatic heterocycles. The van der Waals surface area contributed by atoms with E-state index in [9.17, 15) is 4.79 Å². The Morgan fingerprint density at radius 1 is 1.50 bits per heavy atom. The van der Waals surface area contributed by atoms with Crippen molar-refractivity contribution in [1.29, 1.82) is 0 Å². The van der Waals surface area contributed by atoms with E-state index in [2.05, 4.69) is 17.1 Å². The van der Waals surface area contributed by atoms with E-state index < -0.39 is 0 Å². The number of piperazine rings is 1. The van der Waals surface area contributed by atoms with Gasteiger partial charge in [0.25, 0.3) is 0 Å². The predicted octanol–water partition coefficient (Wildman–Crippen LogP) is -0.0991. The minimum Gasteiger partial charge on any atom is -0.343 e. The molecule has 1 amide bonds. The maximum atomic E-state index is 11.7. The highest BCUT2D eigenvalue weighted by molar-refractivity contribution is 5.78. The number of carbonyl (C=O) groups is 1. The minimum absolute atomic E-state index is 0.267. The summed E-state index contributed by atoms with van der Waals surface area (Å²) in [6, 6.07) is 0.499. The van der Waals surface area contributed by atoms with Crippen LogP contribution >= 0.6 is 0 Å². The van der Waals surface area contributed by atoms with Crippen molar-refractivity contribution in [2.24, 2.45) is 5.92 Å². The molecule has 4 heteroatoms. The van der Waals surface area contributed by atoms with Crippen LogP contribution in [0, 0.1) is 5.92 Å². The zero-order valence-corrected chi connectivity index (χ0v) is 10.2. The Hall–Kier alpha value is -0.610. The Bertz CT molecular complexity index is 306. The molecule has 4 fully saturated rings. The van der Waals surface area contributed by atoms with Gasteiger partial charge in [0, 0.05) is 31.7 Å². The van der Waals surface area contributed by atoms with Gasteiger partial charge in [-0.15, -0.1) is 0 Å². The van der Waals surface area contributed by atoms with E-state index in [1.54, 1.807) is 0 Å². The van der Waals surface area contributed by atoms with E-state index in [0.29, 0.717) is 18.1 Å². The molecular weight excluding hydrogens is 202 g/mol. The molecule has 4 aliphatic rings. The summed E-state index contributed by atoms with van der Waals surface area (Å²) in [5.41, 5.74) is 0.356. The lowest BCUT2D eigenvalue weighted by Crippen LogP contribution is -2.60. The fourth-order valence-corrected chi connectivity index (χ4v) is 3.54. The SMILES string of the molecule is CC1CN(C)C(=O)CN1CC12CC(CN1)C2. The van der Waals surface area contributed by atoms with Crippen LogP contribution in [0.4, 0.5) is 0 Å². The number of fused-ring (bicyclic) bond motifs is 1. The summed E-state index contributed by atoms with van der Waals surface area (Å²) in [7, 11) is 1.90. The number of hydrogen-bond donors (Lipinski definition) is 1. The van der Waals surface area contributed by atoms with Gasteiger partial charge in [-0.3, -0.25) is 9.69 Å². The molecule has 3 heterocycles.